The molecule has 1 aliphatic heterocycles. The van der Waals surface area contributed by atoms with Crippen molar-refractivity contribution < 1.29 is 9.59 Å². The van der Waals surface area contributed by atoms with Crippen LogP contribution >= 0.6 is 0 Å². The third kappa shape index (κ3) is 3.53. The number of aromatic nitrogens is 3. The zero-order valence-corrected chi connectivity index (χ0v) is 15.6. The molecule has 0 unspecified atom stereocenters. The highest BCUT2D eigenvalue weighted by atomic mass is 16.2. The van der Waals surface area contributed by atoms with Crippen molar-refractivity contribution in [1.29, 1.82) is 0 Å². The minimum absolute atomic E-state index is 0.173. The Morgan fingerprint density at radius 1 is 1.25 bits per heavy atom. The van der Waals surface area contributed by atoms with Gasteiger partial charge in [0, 0.05) is 43.2 Å². The lowest BCUT2D eigenvalue weighted by Crippen LogP contribution is -2.34. The van der Waals surface area contributed by atoms with E-state index in [0.717, 1.165) is 24.9 Å². The number of nitrogens with zero attached hydrogens (tertiary/aromatic N) is 3. The molecule has 2 aromatic heterocycles. The third-order valence-corrected chi connectivity index (χ3v) is 4.85. The van der Waals surface area contributed by atoms with Gasteiger partial charge in [0.2, 0.25) is 5.91 Å². The maximum atomic E-state index is 12.7. The Bertz CT molecular complexity index is 1110. The quantitative estimate of drug-likeness (QED) is 0.725. The monoisotopic (exact) mass is 379 g/mol. The zero-order chi connectivity index (χ0) is 19.7. The molecule has 0 spiro atoms. The van der Waals surface area contributed by atoms with Crippen molar-refractivity contribution in [1.82, 2.24) is 19.5 Å². The first-order chi connectivity index (χ1) is 13.5. The fourth-order valence-electron chi connectivity index (χ4n) is 3.46. The van der Waals surface area contributed by atoms with E-state index in [1.165, 1.54) is 16.8 Å². The average Bonchev–Trinajstić information content (AvgIpc) is 3.08. The largest absolute Gasteiger partial charge is 0.338 e. The van der Waals surface area contributed by atoms with Crippen LogP contribution in [0.3, 0.4) is 0 Å². The van der Waals surface area contributed by atoms with Crippen LogP contribution in [0.15, 0.2) is 41.3 Å². The molecule has 0 bridgehead atoms. The van der Waals surface area contributed by atoms with Crippen LogP contribution < -0.4 is 10.9 Å². The number of carbonyl (C=O) groups excluding carboxylic acids is 2. The van der Waals surface area contributed by atoms with Crippen LogP contribution in [-0.2, 0) is 11.3 Å². The summed E-state index contributed by atoms with van der Waals surface area (Å²) in [6.07, 6.45) is 4.04. The number of nitrogens with one attached hydrogen (secondary N) is 2. The number of H-pyrrole nitrogens is 1. The maximum absolute atomic E-state index is 12.7. The van der Waals surface area contributed by atoms with Gasteiger partial charge in [0.05, 0.1) is 0 Å². The van der Waals surface area contributed by atoms with Crippen LogP contribution in [0.2, 0.25) is 0 Å². The summed E-state index contributed by atoms with van der Waals surface area (Å²) in [5, 5.41) is 5.60. The van der Waals surface area contributed by atoms with E-state index in [4.69, 9.17) is 0 Å². The summed E-state index contributed by atoms with van der Waals surface area (Å²) < 4.78 is 1.24. The van der Waals surface area contributed by atoms with Gasteiger partial charge in [-0.25, -0.2) is 9.50 Å². The van der Waals surface area contributed by atoms with Gasteiger partial charge >= 0.3 is 0 Å². The SMILES string of the molecule is Cc1cc(=O)n2[nH]cc(C(=O)Nc3cccc(CN4CCCCC4=O)c3)c2n1. The molecule has 0 radical (unpaired) electrons. The van der Waals surface area contributed by atoms with Crippen LogP contribution in [0, 0.1) is 6.92 Å². The van der Waals surface area contributed by atoms with E-state index >= 15 is 0 Å². The topological polar surface area (TPSA) is 99.6 Å². The Kier molecular flexibility index (Phi) is 4.68. The fourth-order valence-corrected chi connectivity index (χ4v) is 3.46. The molecule has 1 aromatic carbocycles. The molecule has 2 amide bonds. The van der Waals surface area contributed by atoms with E-state index in [9.17, 15) is 14.4 Å². The number of amides is 2. The van der Waals surface area contributed by atoms with Gasteiger partial charge in [0.1, 0.15) is 5.56 Å². The minimum atomic E-state index is -0.359. The number of rotatable bonds is 4. The molecule has 1 saturated heterocycles. The highest BCUT2D eigenvalue weighted by Gasteiger charge is 2.19. The number of hydrogen-bond donors (Lipinski definition) is 2. The molecule has 2 N–H and O–H groups in total. The third-order valence-electron chi connectivity index (χ3n) is 4.85. The molecule has 3 aromatic rings. The zero-order valence-electron chi connectivity index (χ0n) is 15.6. The summed E-state index contributed by atoms with van der Waals surface area (Å²) in [4.78, 5) is 42.8. The van der Waals surface area contributed by atoms with Crippen molar-refractivity contribution in [3.63, 3.8) is 0 Å². The lowest BCUT2D eigenvalue weighted by Gasteiger charge is -2.26. The lowest BCUT2D eigenvalue weighted by atomic mass is 10.1. The van der Waals surface area contributed by atoms with Crippen LogP contribution in [0.4, 0.5) is 5.69 Å². The van der Waals surface area contributed by atoms with Gasteiger partial charge in [-0.3, -0.25) is 19.5 Å². The summed E-state index contributed by atoms with van der Waals surface area (Å²) >= 11 is 0. The van der Waals surface area contributed by atoms with Gasteiger partial charge in [-0.15, -0.1) is 0 Å². The second kappa shape index (κ2) is 7.30. The highest BCUT2D eigenvalue weighted by molar-refractivity contribution is 6.08. The van der Waals surface area contributed by atoms with Crippen LogP contribution in [0.1, 0.15) is 40.9 Å². The molecule has 3 heterocycles. The van der Waals surface area contributed by atoms with Crippen molar-refractivity contribution in [3.05, 3.63) is 63.7 Å². The molecule has 28 heavy (non-hydrogen) atoms. The predicted molar refractivity (Wildman–Crippen MR) is 104 cm³/mol. The van der Waals surface area contributed by atoms with E-state index in [2.05, 4.69) is 15.4 Å². The lowest BCUT2D eigenvalue weighted by molar-refractivity contribution is -0.133. The van der Waals surface area contributed by atoms with Gasteiger partial charge in [-0.1, -0.05) is 12.1 Å². The van der Waals surface area contributed by atoms with Gasteiger partial charge in [-0.05, 0) is 37.5 Å². The van der Waals surface area contributed by atoms with E-state index in [1.807, 2.05) is 23.1 Å². The predicted octanol–water partition coefficient (Wildman–Crippen LogP) is 2.10. The van der Waals surface area contributed by atoms with Gasteiger partial charge in [0.25, 0.3) is 11.5 Å². The number of carbonyl (C=O) groups is 2. The number of hydrogen-bond acceptors (Lipinski definition) is 4. The van der Waals surface area contributed by atoms with Crippen LogP contribution in [0.25, 0.3) is 5.65 Å². The molecule has 1 aliphatic rings. The van der Waals surface area contributed by atoms with E-state index in [1.54, 1.807) is 13.0 Å². The molecule has 1 fully saturated rings. The summed E-state index contributed by atoms with van der Waals surface area (Å²) in [6.45, 7) is 3.01. The first-order valence-corrected chi connectivity index (χ1v) is 9.27. The number of benzene rings is 1. The highest BCUT2D eigenvalue weighted by Crippen LogP contribution is 2.18. The Hall–Kier alpha value is -3.42. The summed E-state index contributed by atoms with van der Waals surface area (Å²) in [5.41, 5.74) is 2.44. The summed E-state index contributed by atoms with van der Waals surface area (Å²) in [5.74, 6) is -0.186. The molecular weight excluding hydrogens is 358 g/mol. The molecule has 144 valence electrons. The number of piperidine rings is 1. The van der Waals surface area contributed by atoms with Crippen LogP contribution in [0.5, 0.6) is 0 Å². The van der Waals surface area contributed by atoms with E-state index in [0.29, 0.717) is 24.3 Å². The first-order valence-electron chi connectivity index (χ1n) is 9.27. The normalized spacial score (nSPS) is 14.5. The molecule has 8 nitrogen and oxygen atoms in total. The number of anilines is 1. The number of fused-ring (bicyclic) bond motifs is 1. The molecule has 0 saturated carbocycles. The van der Waals surface area contributed by atoms with Crippen molar-refractivity contribution in [2.45, 2.75) is 32.7 Å². The first kappa shape index (κ1) is 18.0. The Balaban J connectivity index is 1.54. The Morgan fingerprint density at radius 3 is 2.93 bits per heavy atom. The average molecular weight is 379 g/mol. The fraction of sp³-hybridized carbons (Fsp3) is 0.300. The summed E-state index contributed by atoms with van der Waals surface area (Å²) in [7, 11) is 0. The van der Waals surface area contributed by atoms with Crippen molar-refractivity contribution in [2.24, 2.45) is 0 Å². The molecule has 0 atom stereocenters. The Labute approximate surface area is 161 Å². The van der Waals surface area contributed by atoms with Crippen molar-refractivity contribution >= 4 is 23.1 Å². The molecule has 8 heteroatoms. The molecule has 4 rings (SSSR count). The number of aromatic amines is 1. The van der Waals surface area contributed by atoms with Gasteiger partial charge in [0.15, 0.2) is 5.65 Å². The van der Waals surface area contributed by atoms with Crippen molar-refractivity contribution in [3.8, 4) is 0 Å². The number of likely N-dealkylation sites (tertiary alicyclic amines) is 1. The molecule has 0 aliphatic carbocycles. The van der Waals surface area contributed by atoms with Gasteiger partial charge < -0.3 is 10.2 Å². The molecular formula is C20H21N5O3. The second-order valence-electron chi connectivity index (χ2n) is 7.01. The van der Waals surface area contributed by atoms with Crippen molar-refractivity contribution in [2.75, 3.05) is 11.9 Å². The standard InChI is InChI=1S/C20H21N5O3/c1-13-9-18(27)25-19(22-13)16(11-21-25)20(28)23-15-6-4-5-14(10-15)12-24-8-3-2-7-17(24)26/h4-6,9-11,21H,2-3,7-8,12H2,1H3,(H,23,28). The van der Waals surface area contributed by atoms with Gasteiger partial charge in [-0.2, -0.15) is 0 Å². The smallest absolute Gasteiger partial charge is 0.272 e. The number of aryl methyl sites for hydroxylation is 1. The second-order valence-corrected chi connectivity index (χ2v) is 7.01. The summed E-state index contributed by atoms with van der Waals surface area (Å²) in [6, 6.07) is 8.84. The van der Waals surface area contributed by atoms with E-state index in [-0.39, 0.29) is 28.6 Å². The van der Waals surface area contributed by atoms with Crippen LogP contribution in [-0.4, -0.2) is 37.9 Å². The Morgan fingerprint density at radius 2 is 2.11 bits per heavy atom. The minimum Gasteiger partial charge on any atom is -0.338 e. The van der Waals surface area contributed by atoms with E-state index < -0.39 is 0 Å². The maximum Gasteiger partial charge on any atom is 0.272 e.